The SMILES string of the molecule is O=C(O)c1c(CC(=O)N2CCCC2)c2cc(F)ccc2n1Cc1cccc2ccccc12. The van der Waals surface area contributed by atoms with E-state index in [0.29, 0.717) is 36.1 Å². The van der Waals surface area contributed by atoms with Crippen molar-refractivity contribution in [2.75, 3.05) is 13.1 Å². The molecule has 1 aromatic heterocycles. The van der Waals surface area contributed by atoms with Gasteiger partial charge in [-0.05, 0) is 47.4 Å². The molecule has 1 N–H and O–H groups in total. The highest BCUT2D eigenvalue weighted by Crippen LogP contribution is 2.31. The molecule has 0 unspecified atom stereocenters. The van der Waals surface area contributed by atoms with Gasteiger partial charge in [-0.2, -0.15) is 0 Å². The van der Waals surface area contributed by atoms with Crippen molar-refractivity contribution in [1.82, 2.24) is 9.47 Å². The monoisotopic (exact) mass is 430 g/mol. The molecule has 1 fully saturated rings. The number of nitrogens with zero attached hydrogens (tertiary/aromatic N) is 2. The molecule has 32 heavy (non-hydrogen) atoms. The van der Waals surface area contributed by atoms with Gasteiger partial charge in [0.15, 0.2) is 0 Å². The summed E-state index contributed by atoms with van der Waals surface area (Å²) in [6, 6.07) is 18.1. The minimum absolute atomic E-state index is 0.0473. The van der Waals surface area contributed by atoms with E-state index in [4.69, 9.17) is 0 Å². The van der Waals surface area contributed by atoms with Crippen molar-refractivity contribution in [1.29, 1.82) is 0 Å². The molecule has 1 aliphatic heterocycles. The lowest BCUT2D eigenvalue weighted by atomic mass is 10.0. The first-order valence-corrected chi connectivity index (χ1v) is 10.8. The summed E-state index contributed by atoms with van der Waals surface area (Å²) in [5.74, 6) is -1.68. The molecular weight excluding hydrogens is 407 g/mol. The number of halogens is 1. The van der Waals surface area contributed by atoms with Gasteiger partial charge in [-0.15, -0.1) is 0 Å². The van der Waals surface area contributed by atoms with E-state index in [1.165, 1.54) is 12.1 Å². The zero-order valence-corrected chi connectivity index (χ0v) is 17.6. The van der Waals surface area contributed by atoms with Gasteiger partial charge in [-0.25, -0.2) is 9.18 Å². The summed E-state index contributed by atoms with van der Waals surface area (Å²) in [5, 5.41) is 12.7. The summed E-state index contributed by atoms with van der Waals surface area (Å²) in [6.07, 6.45) is 1.86. The number of benzene rings is 3. The van der Waals surface area contributed by atoms with Gasteiger partial charge in [0, 0.05) is 36.1 Å². The molecule has 6 heteroatoms. The average Bonchev–Trinajstić information content (AvgIpc) is 3.41. The maximum atomic E-state index is 14.2. The van der Waals surface area contributed by atoms with Crippen LogP contribution in [-0.4, -0.2) is 39.5 Å². The standard InChI is InChI=1S/C26H23FN2O3/c27-19-10-11-23-21(14-19)22(15-24(30)28-12-3-4-13-28)25(26(31)32)29(23)16-18-8-5-7-17-6-1-2-9-20(17)18/h1-2,5-11,14H,3-4,12-13,15-16H2,(H,31,32). The summed E-state index contributed by atoms with van der Waals surface area (Å²) in [7, 11) is 0. The van der Waals surface area contributed by atoms with Crippen molar-refractivity contribution in [3.05, 3.63) is 83.3 Å². The lowest BCUT2D eigenvalue weighted by molar-refractivity contribution is -0.129. The number of aromatic nitrogens is 1. The third-order valence-corrected chi connectivity index (χ3v) is 6.33. The number of amides is 1. The van der Waals surface area contributed by atoms with E-state index in [-0.39, 0.29) is 18.0 Å². The first-order chi connectivity index (χ1) is 15.5. The fraction of sp³-hybridized carbons (Fsp3) is 0.231. The number of rotatable bonds is 5. The highest BCUT2D eigenvalue weighted by molar-refractivity contribution is 6.01. The van der Waals surface area contributed by atoms with Crippen LogP contribution in [0.25, 0.3) is 21.7 Å². The number of likely N-dealkylation sites (tertiary alicyclic amines) is 1. The summed E-state index contributed by atoms with van der Waals surface area (Å²) in [6.45, 7) is 1.68. The van der Waals surface area contributed by atoms with Gasteiger partial charge >= 0.3 is 5.97 Å². The number of hydrogen-bond donors (Lipinski definition) is 1. The highest BCUT2D eigenvalue weighted by Gasteiger charge is 2.27. The van der Waals surface area contributed by atoms with Crippen LogP contribution in [-0.2, 0) is 17.8 Å². The quantitative estimate of drug-likeness (QED) is 0.493. The van der Waals surface area contributed by atoms with E-state index in [2.05, 4.69) is 0 Å². The molecule has 0 radical (unpaired) electrons. The number of carbonyl (C=O) groups is 2. The summed E-state index contributed by atoms with van der Waals surface area (Å²) in [4.78, 5) is 27.1. The van der Waals surface area contributed by atoms with E-state index in [9.17, 15) is 19.1 Å². The molecule has 162 valence electrons. The Kier molecular flexibility index (Phi) is 5.13. The van der Waals surface area contributed by atoms with Crippen LogP contribution < -0.4 is 0 Å². The van der Waals surface area contributed by atoms with E-state index < -0.39 is 11.8 Å². The Hall–Kier alpha value is -3.67. The second-order valence-electron chi connectivity index (χ2n) is 8.28. The Balaban J connectivity index is 1.67. The average molecular weight is 430 g/mol. The van der Waals surface area contributed by atoms with E-state index in [0.717, 1.165) is 29.2 Å². The molecule has 0 saturated carbocycles. The second kappa shape index (κ2) is 8.11. The number of aromatic carboxylic acids is 1. The summed E-state index contributed by atoms with van der Waals surface area (Å²) in [5.41, 5.74) is 2.00. The van der Waals surface area contributed by atoms with Crippen molar-refractivity contribution in [3.8, 4) is 0 Å². The summed E-state index contributed by atoms with van der Waals surface area (Å²) < 4.78 is 15.9. The van der Waals surface area contributed by atoms with Gasteiger partial charge < -0.3 is 14.6 Å². The molecule has 0 atom stereocenters. The second-order valence-corrected chi connectivity index (χ2v) is 8.28. The fourth-order valence-electron chi connectivity index (χ4n) is 4.81. The van der Waals surface area contributed by atoms with E-state index in [1.54, 1.807) is 15.5 Å². The van der Waals surface area contributed by atoms with Gasteiger partial charge in [-0.3, -0.25) is 4.79 Å². The van der Waals surface area contributed by atoms with Crippen LogP contribution in [0.15, 0.2) is 60.7 Å². The summed E-state index contributed by atoms with van der Waals surface area (Å²) >= 11 is 0. The first-order valence-electron chi connectivity index (χ1n) is 10.8. The smallest absolute Gasteiger partial charge is 0.352 e. The number of hydrogen-bond acceptors (Lipinski definition) is 2. The number of carboxylic acid groups (broad SMARTS) is 1. The van der Waals surface area contributed by atoms with Gasteiger partial charge in [0.05, 0.1) is 6.42 Å². The normalized spacial score (nSPS) is 13.8. The van der Waals surface area contributed by atoms with Crippen molar-refractivity contribution >= 4 is 33.6 Å². The highest BCUT2D eigenvalue weighted by atomic mass is 19.1. The van der Waals surface area contributed by atoms with Gasteiger partial charge in [0.2, 0.25) is 5.91 Å². The molecule has 5 rings (SSSR count). The number of fused-ring (bicyclic) bond motifs is 2. The van der Waals surface area contributed by atoms with Crippen LogP contribution in [0.4, 0.5) is 4.39 Å². The third-order valence-electron chi connectivity index (χ3n) is 6.33. The number of carboxylic acids is 1. The largest absolute Gasteiger partial charge is 0.477 e. The van der Waals surface area contributed by atoms with Crippen LogP contribution in [0.5, 0.6) is 0 Å². The minimum Gasteiger partial charge on any atom is -0.477 e. The molecule has 0 aliphatic carbocycles. The third kappa shape index (κ3) is 3.51. The molecule has 0 bridgehead atoms. The van der Waals surface area contributed by atoms with Crippen molar-refractivity contribution < 1.29 is 19.1 Å². The fourth-order valence-corrected chi connectivity index (χ4v) is 4.81. The van der Waals surface area contributed by atoms with Crippen LogP contribution in [0.2, 0.25) is 0 Å². The van der Waals surface area contributed by atoms with Crippen molar-refractivity contribution in [2.24, 2.45) is 0 Å². The van der Waals surface area contributed by atoms with Crippen molar-refractivity contribution in [3.63, 3.8) is 0 Å². The number of carbonyl (C=O) groups excluding carboxylic acids is 1. The van der Waals surface area contributed by atoms with Crippen LogP contribution in [0, 0.1) is 5.82 Å². The van der Waals surface area contributed by atoms with E-state index in [1.807, 2.05) is 42.5 Å². The Morgan fingerprint density at radius 1 is 0.938 bits per heavy atom. The van der Waals surface area contributed by atoms with E-state index >= 15 is 0 Å². The lowest BCUT2D eigenvalue weighted by Gasteiger charge is -2.15. The Morgan fingerprint density at radius 3 is 2.47 bits per heavy atom. The van der Waals surface area contributed by atoms with Crippen LogP contribution >= 0.6 is 0 Å². The first kappa shape index (κ1) is 20.2. The predicted octanol–water partition coefficient (Wildman–Crippen LogP) is 4.85. The van der Waals surface area contributed by atoms with Gasteiger partial charge in [0.25, 0.3) is 0 Å². The van der Waals surface area contributed by atoms with Gasteiger partial charge in [-0.1, -0.05) is 42.5 Å². The molecule has 5 nitrogen and oxygen atoms in total. The molecular formula is C26H23FN2O3. The maximum absolute atomic E-state index is 14.2. The molecule has 3 aromatic carbocycles. The molecule has 1 amide bonds. The molecule has 4 aromatic rings. The molecule has 1 saturated heterocycles. The zero-order valence-electron chi connectivity index (χ0n) is 17.6. The lowest BCUT2D eigenvalue weighted by Crippen LogP contribution is -2.29. The Bertz CT molecular complexity index is 1350. The van der Waals surface area contributed by atoms with Crippen molar-refractivity contribution in [2.45, 2.75) is 25.8 Å². The van der Waals surface area contributed by atoms with Crippen LogP contribution in [0.3, 0.4) is 0 Å². The predicted molar refractivity (Wildman–Crippen MR) is 121 cm³/mol. The Morgan fingerprint density at radius 2 is 1.69 bits per heavy atom. The minimum atomic E-state index is -1.12. The molecule has 0 spiro atoms. The van der Waals surface area contributed by atoms with Gasteiger partial charge in [0.1, 0.15) is 11.5 Å². The topological polar surface area (TPSA) is 62.5 Å². The molecule has 1 aliphatic rings. The zero-order chi connectivity index (χ0) is 22.2. The van der Waals surface area contributed by atoms with Crippen LogP contribution in [0.1, 0.15) is 34.5 Å². The maximum Gasteiger partial charge on any atom is 0.352 e. The molecule has 2 heterocycles. The Labute approximate surface area is 184 Å².